The van der Waals surface area contributed by atoms with E-state index in [9.17, 15) is 9.90 Å². The quantitative estimate of drug-likeness (QED) is 0.743. The van der Waals surface area contributed by atoms with Crippen LogP contribution < -0.4 is 4.74 Å². The number of aldehydes is 1. The zero-order valence-electron chi connectivity index (χ0n) is 9.01. The van der Waals surface area contributed by atoms with Crippen LogP contribution in [0.5, 0.6) is 11.5 Å². The van der Waals surface area contributed by atoms with Crippen molar-refractivity contribution in [2.24, 2.45) is 0 Å². The van der Waals surface area contributed by atoms with E-state index >= 15 is 0 Å². The normalized spacial score (nSPS) is 10.6. The predicted molar refractivity (Wildman–Crippen MR) is 60.8 cm³/mol. The van der Waals surface area contributed by atoms with Crippen molar-refractivity contribution < 1.29 is 19.7 Å². The second-order valence-corrected chi connectivity index (χ2v) is 3.19. The zero-order chi connectivity index (χ0) is 12.0. The SMILES string of the molecule is COc1cc(C=O)cc(C=CCCO)c1O. The molecule has 1 rings (SSSR count). The average molecular weight is 222 g/mol. The van der Waals surface area contributed by atoms with Gasteiger partial charge >= 0.3 is 0 Å². The van der Waals surface area contributed by atoms with E-state index in [2.05, 4.69) is 0 Å². The first kappa shape index (κ1) is 12.3. The number of hydrogen-bond donors (Lipinski definition) is 2. The molecule has 0 aliphatic heterocycles. The van der Waals surface area contributed by atoms with Crippen molar-refractivity contribution in [3.05, 3.63) is 29.3 Å². The number of methoxy groups -OCH3 is 1. The zero-order valence-corrected chi connectivity index (χ0v) is 9.01. The highest BCUT2D eigenvalue weighted by molar-refractivity contribution is 5.79. The van der Waals surface area contributed by atoms with Gasteiger partial charge in [-0.15, -0.1) is 0 Å². The molecule has 0 unspecified atom stereocenters. The fraction of sp³-hybridized carbons (Fsp3) is 0.250. The van der Waals surface area contributed by atoms with Gasteiger partial charge in [0.15, 0.2) is 11.5 Å². The summed E-state index contributed by atoms with van der Waals surface area (Å²) in [5, 5.41) is 18.4. The van der Waals surface area contributed by atoms with Crippen LogP contribution in [0.3, 0.4) is 0 Å². The number of carbonyl (C=O) groups is 1. The lowest BCUT2D eigenvalue weighted by molar-refractivity contribution is 0.112. The molecule has 1 aromatic rings. The summed E-state index contributed by atoms with van der Waals surface area (Å²) in [6, 6.07) is 3.02. The number of ether oxygens (including phenoxy) is 1. The molecule has 0 bridgehead atoms. The third-order valence-corrected chi connectivity index (χ3v) is 2.08. The maximum Gasteiger partial charge on any atom is 0.165 e. The first-order valence-electron chi connectivity index (χ1n) is 4.86. The van der Waals surface area contributed by atoms with Crippen LogP contribution in [-0.2, 0) is 0 Å². The van der Waals surface area contributed by atoms with Gasteiger partial charge in [-0.1, -0.05) is 12.2 Å². The van der Waals surface area contributed by atoms with Crippen LogP contribution in [0.4, 0.5) is 0 Å². The Hall–Kier alpha value is -1.81. The lowest BCUT2D eigenvalue weighted by Crippen LogP contribution is -1.90. The van der Waals surface area contributed by atoms with Crippen LogP contribution in [-0.4, -0.2) is 30.2 Å². The Morgan fingerprint density at radius 3 is 2.75 bits per heavy atom. The van der Waals surface area contributed by atoms with Gasteiger partial charge in [-0.05, 0) is 18.6 Å². The Morgan fingerprint density at radius 1 is 1.44 bits per heavy atom. The molecule has 86 valence electrons. The van der Waals surface area contributed by atoms with E-state index in [1.54, 1.807) is 18.2 Å². The van der Waals surface area contributed by atoms with Gasteiger partial charge in [0.1, 0.15) is 6.29 Å². The summed E-state index contributed by atoms with van der Waals surface area (Å²) in [5.74, 6) is 0.246. The van der Waals surface area contributed by atoms with E-state index in [0.717, 1.165) is 0 Å². The molecule has 16 heavy (non-hydrogen) atoms. The van der Waals surface area contributed by atoms with Crippen LogP contribution >= 0.6 is 0 Å². The number of phenolic OH excluding ortho intramolecular Hbond substituents is 1. The van der Waals surface area contributed by atoms with Crippen LogP contribution in [0.15, 0.2) is 18.2 Å². The molecule has 0 spiro atoms. The van der Waals surface area contributed by atoms with Crippen molar-refractivity contribution >= 4 is 12.4 Å². The molecule has 0 saturated carbocycles. The summed E-state index contributed by atoms with van der Waals surface area (Å²) < 4.78 is 4.94. The number of hydrogen-bond acceptors (Lipinski definition) is 4. The van der Waals surface area contributed by atoms with Crippen LogP contribution in [0.25, 0.3) is 6.08 Å². The van der Waals surface area contributed by atoms with Crippen LogP contribution in [0, 0.1) is 0 Å². The topological polar surface area (TPSA) is 66.8 Å². The molecule has 0 aliphatic carbocycles. The average Bonchev–Trinajstić information content (AvgIpc) is 2.31. The largest absolute Gasteiger partial charge is 0.504 e. The summed E-state index contributed by atoms with van der Waals surface area (Å²) in [6.07, 6.45) is 4.53. The maximum absolute atomic E-state index is 10.7. The second kappa shape index (κ2) is 5.92. The molecule has 0 heterocycles. The molecule has 4 heteroatoms. The molecule has 0 aromatic heterocycles. The van der Waals surface area contributed by atoms with Gasteiger partial charge in [0, 0.05) is 17.7 Å². The highest BCUT2D eigenvalue weighted by Gasteiger charge is 2.07. The molecule has 0 atom stereocenters. The number of benzene rings is 1. The molecular weight excluding hydrogens is 208 g/mol. The van der Waals surface area contributed by atoms with Crippen molar-refractivity contribution in [1.82, 2.24) is 0 Å². The third kappa shape index (κ3) is 2.84. The van der Waals surface area contributed by atoms with Gasteiger partial charge in [-0.2, -0.15) is 0 Å². The second-order valence-electron chi connectivity index (χ2n) is 3.19. The number of aromatic hydroxyl groups is 1. The molecule has 4 nitrogen and oxygen atoms in total. The predicted octanol–water partition coefficient (Wildman–Crippen LogP) is 1.61. The van der Waals surface area contributed by atoms with Gasteiger partial charge < -0.3 is 14.9 Å². The summed E-state index contributed by atoms with van der Waals surface area (Å²) in [7, 11) is 1.42. The van der Waals surface area contributed by atoms with E-state index in [-0.39, 0.29) is 18.1 Å². The van der Waals surface area contributed by atoms with E-state index in [1.165, 1.54) is 13.2 Å². The fourth-order valence-corrected chi connectivity index (χ4v) is 1.29. The number of phenols is 1. The lowest BCUT2D eigenvalue weighted by atomic mass is 10.1. The Labute approximate surface area is 93.8 Å². The lowest BCUT2D eigenvalue weighted by Gasteiger charge is -2.07. The van der Waals surface area contributed by atoms with E-state index in [1.807, 2.05) is 0 Å². The molecule has 0 saturated heterocycles. The number of aliphatic hydroxyl groups is 1. The van der Waals surface area contributed by atoms with Crippen molar-refractivity contribution in [3.63, 3.8) is 0 Å². The van der Waals surface area contributed by atoms with E-state index in [4.69, 9.17) is 9.84 Å². The molecule has 2 N–H and O–H groups in total. The summed E-state index contributed by atoms with van der Waals surface area (Å²) >= 11 is 0. The molecule has 0 radical (unpaired) electrons. The van der Waals surface area contributed by atoms with Crippen molar-refractivity contribution in [2.45, 2.75) is 6.42 Å². The molecule has 0 fully saturated rings. The smallest absolute Gasteiger partial charge is 0.165 e. The fourth-order valence-electron chi connectivity index (χ4n) is 1.29. The standard InChI is InChI=1S/C12H14O4/c1-16-11-7-9(8-14)6-10(12(11)15)4-2-3-5-13/h2,4,6-8,13,15H,3,5H2,1H3. The van der Waals surface area contributed by atoms with Crippen molar-refractivity contribution in [1.29, 1.82) is 0 Å². The van der Waals surface area contributed by atoms with Gasteiger partial charge in [-0.3, -0.25) is 4.79 Å². The maximum atomic E-state index is 10.7. The Balaban J connectivity index is 3.10. The van der Waals surface area contributed by atoms with E-state index < -0.39 is 0 Å². The van der Waals surface area contributed by atoms with E-state index in [0.29, 0.717) is 23.8 Å². The van der Waals surface area contributed by atoms with Gasteiger partial charge in [-0.25, -0.2) is 0 Å². The third-order valence-electron chi connectivity index (χ3n) is 2.08. The monoisotopic (exact) mass is 222 g/mol. The minimum absolute atomic E-state index is 0.0118. The first-order chi connectivity index (χ1) is 7.72. The Morgan fingerprint density at radius 2 is 2.19 bits per heavy atom. The first-order valence-corrected chi connectivity index (χ1v) is 4.86. The highest BCUT2D eigenvalue weighted by atomic mass is 16.5. The highest BCUT2D eigenvalue weighted by Crippen LogP contribution is 2.31. The van der Waals surface area contributed by atoms with Gasteiger partial charge in [0.05, 0.1) is 7.11 Å². The Kier molecular flexibility index (Phi) is 4.54. The summed E-state index contributed by atoms with van der Waals surface area (Å²) in [4.78, 5) is 10.7. The van der Waals surface area contributed by atoms with Crippen molar-refractivity contribution in [3.8, 4) is 11.5 Å². The molecule has 0 aliphatic rings. The number of rotatable bonds is 5. The number of aliphatic hydroxyl groups excluding tert-OH is 1. The van der Waals surface area contributed by atoms with Crippen LogP contribution in [0.1, 0.15) is 22.3 Å². The summed E-state index contributed by atoms with van der Waals surface area (Å²) in [5.41, 5.74) is 0.924. The molecular formula is C12H14O4. The van der Waals surface area contributed by atoms with Crippen molar-refractivity contribution in [2.75, 3.05) is 13.7 Å². The van der Waals surface area contributed by atoms with Gasteiger partial charge in [0.2, 0.25) is 0 Å². The van der Waals surface area contributed by atoms with Gasteiger partial charge in [0.25, 0.3) is 0 Å². The Bertz CT molecular complexity index is 396. The molecule has 0 amide bonds. The van der Waals surface area contributed by atoms with Crippen LogP contribution in [0.2, 0.25) is 0 Å². The minimum Gasteiger partial charge on any atom is -0.504 e. The number of carbonyl (C=O) groups excluding carboxylic acids is 1. The summed E-state index contributed by atoms with van der Waals surface area (Å²) in [6.45, 7) is 0.0434. The minimum atomic E-state index is -0.0118. The molecule has 1 aromatic carbocycles.